The summed E-state index contributed by atoms with van der Waals surface area (Å²) in [5.74, 6) is 0.00942. The van der Waals surface area contributed by atoms with Gasteiger partial charge in [-0.15, -0.1) is 0 Å². The summed E-state index contributed by atoms with van der Waals surface area (Å²) in [4.78, 5) is 12.9. The standard InChI is InChI=1S/C19H19FN6O2/c1-19(2)10-15(14-9-12(20)6-7-16(14)28-19)22-17(27)11-4-3-5-13(8-11)26-18(21)23-24-25-26/h3-9,15H,10H2,1-2H3,(H,22,27)(H2,21,23,25). The predicted molar refractivity (Wildman–Crippen MR) is 99.5 cm³/mol. The molecule has 2 heterocycles. The molecule has 1 aromatic heterocycles. The molecule has 0 fully saturated rings. The molecule has 3 aromatic rings. The zero-order valence-corrected chi connectivity index (χ0v) is 15.4. The fourth-order valence-electron chi connectivity index (χ4n) is 3.35. The number of nitrogens with one attached hydrogen (secondary N) is 1. The zero-order valence-electron chi connectivity index (χ0n) is 15.4. The summed E-state index contributed by atoms with van der Waals surface area (Å²) in [6, 6.07) is 10.7. The van der Waals surface area contributed by atoms with Gasteiger partial charge >= 0.3 is 0 Å². The van der Waals surface area contributed by atoms with Crippen LogP contribution in [0.25, 0.3) is 5.69 Å². The summed E-state index contributed by atoms with van der Waals surface area (Å²) in [5.41, 5.74) is 6.82. The fourth-order valence-corrected chi connectivity index (χ4v) is 3.35. The number of carbonyl (C=O) groups is 1. The van der Waals surface area contributed by atoms with Crippen molar-refractivity contribution in [3.8, 4) is 11.4 Å². The van der Waals surface area contributed by atoms with Crippen LogP contribution in [0.4, 0.5) is 10.3 Å². The summed E-state index contributed by atoms with van der Waals surface area (Å²) in [6.07, 6.45) is 0.509. The van der Waals surface area contributed by atoms with Crippen molar-refractivity contribution in [3.63, 3.8) is 0 Å². The molecule has 0 saturated carbocycles. The number of rotatable bonds is 3. The van der Waals surface area contributed by atoms with E-state index in [1.807, 2.05) is 13.8 Å². The molecule has 1 aliphatic rings. The smallest absolute Gasteiger partial charge is 0.251 e. The molecule has 1 atom stereocenters. The topological polar surface area (TPSA) is 108 Å². The second-order valence-corrected chi connectivity index (χ2v) is 7.27. The number of ether oxygens (including phenoxy) is 1. The Labute approximate surface area is 160 Å². The van der Waals surface area contributed by atoms with E-state index in [0.29, 0.717) is 29.0 Å². The number of nitrogens with zero attached hydrogens (tertiary/aromatic N) is 4. The Balaban J connectivity index is 1.62. The molecule has 144 valence electrons. The van der Waals surface area contributed by atoms with Gasteiger partial charge in [-0.1, -0.05) is 11.2 Å². The number of hydrogen-bond acceptors (Lipinski definition) is 6. The molecule has 28 heavy (non-hydrogen) atoms. The number of benzene rings is 2. The molecule has 0 radical (unpaired) electrons. The van der Waals surface area contributed by atoms with Crippen LogP contribution < -0.4 is 15.8 Å². The Kier molecular flexibility index (Phi) is 4.21. The van der Waals surface area contributed by atoms with Crippen LogP contribution in [0.2, 0.25) is 0 Å². The Morgan fingerprint density at radius 2 is 2.14 bits per heavy atom. The summed E-state index contributed by atoms with van der Waals surface area (Å²) >= 11 is 0. The maximum Gasteiger partial charge on any atom is 0.251 e. The number of aromatic nitrogens is 4. The third-order valence-corrected chi connectivity index (χ3v) is 4.58. The highest BCUT2D eigenvalue weighted by atomic mass is 19.1. The molecule has 0 spiro atoms. The van der Waals surface area contributed by atoms with Crippen molar-refractivity contribution >= 4 is 11.9 Å². The van der Waals surface area contributed by atoms with Crippen molar-refractivity contribution in [1.82, 2.24) is 25.5 Å². The molecule has 9 heteroatoms. The maximum absolute atomic E-state index is 13.8. The van der Waals surface area contributed by atoms with Gasteiger partial charge in [-0.05, 0) is 60.7 Å². The number of carbonyl (C=O) groups excluding carboxylic acids is 1. The average molecular weight is 382 g/mol. The highest BCUT2D eigenvalue weighted by Crippen LogP contribution is 2.39. The van der Waals surface area contributed by atoms with Gasteiger partial charge in [0.15, 0.2) is 0 Å². The van der Waals surface area contributed by atoms with E-state index < -0.39 is 5.60 Å². The Bertz CT molecular complexity index is 1050. The van der Waals surface area contributed by atoms with Crippen LogP contribution in [0.3, 0.4) is 0 Å². The highest BCUT2D eigenvalue weighted by Gasteiger charge is 2.35. The Morgan fingerprint density at radius 3 is 2.89 bits per heavy atom. The molecule has 0 aliphatic carbocycles. The fraction of sp³-hybridized carbons (Fsp3) is 0.263. The number of fused-ring (bicyclic) bond motifs is 1. The number of hydrogen-bond donors (Lipinski definition) is 2. The summed E-state index contributed by atoms with van der Waals surface area (Å²) in [6.45, 7) is 3.86. The third-order valence-electron chi connectivity index (χ3n) is 4.58. The van der Waals surface area contributed by atoms with Crippen LogP contribution >= 0.6 is 0 Å². The minimum Gasteiger partial charge on any atom is -0.487 e. The molecule has 0 saturated heterocycles. The van der Waals surface area contributed by atoms with Crippen LogP contribution in [0, 0.1) is 5.82 Å². The molecular weight excluding hydrogens is 363 g/mol. The molecule has 8 nitrogen and oxygen atoms in total. The van der Waals surface area contributed by atoms with Gasteiger partial charge in [0, 0.05) is 17.5 Å². The highest BCUT2D eigenvalue weighted by molar-refractivity contribution is 5.95. The van der Waals surface area contributed by atoms with Crippen LogP contribution in [0.15, 0.2) is 42.5 Å². The van der Waals surface area contributed by atoms with E-state index >= 15 is 0 Å². The van der Waals surface area contributed by atoms with E-state index in [1.54, 1.807) is 30.3 Å². The van der Waals surface area contributed by atoms with Gasteiger partial charge in [0.05, 0.1) is 11.7 Å². The van der Waals surface area contributed by atoms with Gasteiger partial charge < -0.3 is 15.8 Å². The minimum atomic E-state index is -0.495. The van der Waals surface area contributed by atoms with Gasteiger partial charge in [-0.25, -0.2) is 4.39 Å². The molecular formula is C19H19FN6O2. The molecule has 0 bridgehead atoms. The lowest BCUT2D eigenvalue weighted by Crippen LogP contribution is -2.41. The van der Waals surface area contributed by atoms with E-state index in [0.717, 1.165) is 0 Å². The Hall–Kier alpha value is -3.49. The molecule has 1 unspecified atom stereocenters. The van der Waals surface area contributed by atoms with Crippen molar-refractivity contribution < 1.29 is 13.9 Å². The van der Waals surface area contributed by atoms with Crippen LogP contribution in [0.1, 0.15) is 42.2 Å². The first-order valence-electron chi connectivity index (χ1n) is 8.76. The van der Waals surface area contributed by atoms with Crippen LogP contribution in [-0.2, 0) is 0 Å². The van der Waals surface area contributed by atoms with Crippen molar-refractivity contribution in [2.45, 2.75) is 31.9 Å². The van der Waals surface area contributed by atoms with E-state index in [2.05, 4.69) is 20.8 Å². The molecule has 1 aliphatic heterocycles. The number of anilines is 1. The zero-order chi connectivity index (χ0) is 19.9. The Morgan fingerprint density at radius 1 is 1.32 bits per heavy atom. The monoisotopic (exact) mass is 382 g/mol. The normalized spacial score (nSPS) is 17.5. The quantitative estimate of drug-likeness (QED) is 0.720. The van der Waals surface area contributed by atoms with Crippen molar-refractivity contribution in [1.29, 1.82) is 0 Å². The lowest BCUT2D eigenvalue weighted by molar-refractivity contribution is 0.0617. The average Bonchev–Trinajstić information content (AvgIpc) is 3.08. The van der Waals surface area contributed by atoms with Crippen LogP contribution in [-0.4, -0.2) is 31.7 Å². The van der Waals surface area contributed by atoms with Crippen molar-refractivity contribution in [2.75, 3.05) is 5.73 Å². The number of halogens is 1. The number of nitrogens with two attached hydrogens (primary N) is 1. The number of nitrogen functional groups attached to an aromatic ring is 1. The van der Waals surface area contributed by atoms with E-state index in [9.17, 15) is 9.18 Å². The second kappa shape index (κ2) is 6.59. The summed E-state index contributed by atoms with van der Waals surface area (Å²) in [7, 11) is 0. The lowest BCUT2D eigenvalue weighted by atomic mass is 9.89. The first-order valence-corrected chi connectivity index (χ1v) is 8.76. The first kappa shape index (κ1) is 17.9. The number of amides is 1. The van der Waals surface area contributed by atoms with Gasteiger partial charge in [-0.2, -0.15) is 4.68 Å². The van der Waals surface area contributed by atoms with Crippen molar-refractivity contribution in [3.05, 3.63) is 59.4 Å². The maximum atomic E-state index is 13.8. The lowest BCUT2D eigenvalue weighted by Gasteiger charge is -2.37. The van der Waals surface area contributed by atoms with E-state index in [1.165, 1.54) is 16.8 Å². The van der Waals surface area contributed by atoms with Gasteiger partial charge in [0.25, 0.3) is 5.91 Å². The number of tetrazole rings is 1. The SMILES string of the molecule is CC1(C)CC(NC(=O)c2cccc(-n3nnnc3N)c2)c2cc(F)ccc2O1. The molecule has 3 N–H and O–H groups in total. The molecule has 1 amide bonds. The van der Waals surface area contributed by atoms with E-state index in [4.69, 9.17) is 10.5 Å². The van der Waals surface area contributed by atoms with Gasteiger partial charge in [0.2, 0.25) is 5.95 Å². The summed E-state index contributed by atoms with van der Waals surface area (Å²) in [5, 5.41) is 13.9. The van der Waals surface area contributed by atoms with Gasteiger partial charge in [0.1, 0.15) is 17.2 Å². The molecule has 2 aromatic carbocycles. The van der Waals surface area contributed by atoms with Gasteiger partial charge in [-0.3, -0.25) is 4.79 Å². The predicted octanol–water partition coefficient (Wildman–Crippen LogP) is 2.42. The van der Waals surface area contributed by atoms with E-state index in [-0.39, 0.29) is 23.7 Å². The third kappa shape index (κ3) is 3.38. The first-order chi connectivity index (χ1) is 13.3. The summed E-state index contributed by atoms with van der Waals surface area (Å²) < 4.78 is 21.0. The largest absolute Gasteiger partial charge is 0.487 e. The second-order valence-electron chi connectivity index (χ2n) is 7.27. The van der Waals surface area contributed by atoms with Crippen LogP contribution in [0.5, 0.6) is 5.75 Å². The minimum absolute atomic E-state index is 0.119. The molecule has 4 rings (SSSR count). The van der Waals surface area contributed by atoms with Crippen molar-refractivity contribution in [2.24, 2.45) is 0 Å².